The number of aromatic nitrogens is 3. The van der Waals surface area contributed by atoms with Crippen molar-refractivity contribution in [2.24, 2.45) is 5.14 Å². The van der Waals surface area contributed by atoms with Crippen LogP contribution in [0.2, 0.25) is 0 Å². The summed E-state index contributed by atoms with van der Waals surface area (Å²) in [4.78, 5) is 18.7. The van der Waals surface area contributed by atoms with Crippen LogP contribution in [0.25, 0.3) is 21.6 Å². The molecule has 0 aliphatic heterocycles. The predicted molar refractivity (Wildman–Crippen MR) is 117 cm³/mol. The standard InChI is InChI=1S/C20H19N5O3S2/c1-3-25-19-15(11-22-25)14(10-16(24-19)17-5-4-8-29-17)20(26)23-13-7-6-12(2)18(9-13)30(21,27)28/h4-11H,3H2,1-2H3,(H,23,26)(H2,21,27,28). The van der Waals surface area contributed by atoms with Crippen molar-refractivity contribution in [1.82, 2.24) is 14.8 Å². The minimum atomic E-state index is -3.90. The van der Waals surface area contributed by atoms with Gasteiger partial charge in [-0.05, 0) is 49.1 Å². The highest BCUT2D eigenvalue weighted by atomic mass is 32.2. The molecule has 10 heteroatoms. The number of aryl methyl sites for hydroxylation is 2. The SMILES string of the molecule is CCn1ncc2c(C(=O)Nc3ccc(C)c(S(N)(=O)=O)c3)cc(-c3cccs3)nc21. The average Bonchev–Trinajstić information content (AvgIpc) is 3.37. The first-order chi connectivity index (χ1) is 14.3. The van der Waals surface area contributed by atoms with E-state index in [-0.39, 0.29) is 10.8 Å². The topological polar surface area (TPSA) is 120 Å². The Kier molecular flexibility index (Phi) is 5.14. The van der Waals surface area contributed by atoms with E-state index in [4.69, 9.17) is 10.1 Å². The summed E-state index contributed by atoms with van der Waals surface area (Å²) < 4.78 is 25.3. The Labute approximate surface area is 177 Å². The van der Waals surface area contributed by atoms with Crippen molar-refractivity contribution in [2.45, 2.75) is 25.3 Å². The number of nitrogens with zero attached hydrogens (tertiary/aromatic N) is 3. The van der Waals surface area contributed by atoms with Gasteiger partial charge in [0.2, 0.25) is 10.0 Å². The molecule has 1 amide bonds. The van der Waals surface area contributed by atoms with Gasteiger partial charge in [-0.2, -0.15) is 5.10 Å². The number of amides is 1. The molecule has 4 aromatic rings. The van der Waals surface area contributed by atoms with Crippen LogP contribution in [-0.2, 0) is 16.6 Å². The van der Waals surface area contributed by atoms with Crippen molar-refractivity contribution in [3.05, 3.63) is 59.1 Å². The van der Waals surface area contributed by atoms with Gasteiger partial charge in [0.25, 0.3) is 5.91 Å². The quantitative estimate of drug-likeness (QED) is 0.492. The maximum Gasteiger partial charge on any atom is 0.256 e. The number of nitrogens with two attached hydrogens (primary N) is 1. The summed E-state index contributed by atoms with van der Waals surface area (Å²) >= 11 is 1.53. The number of hydrogen-bond donors (Lipinski definition) is 2. The van der Waals surface area contributed by atoms with Gasteiger partial charge in [0.1, 0.15) is 0 Å². The lowest BCUT2D eigenvalue weighted by Gasteiger charge is -2.11. The van der Waals surface area contributed by atoms with E-state index < -0.39 is 10.0 Å². The lowest BCUT2D eigenvalue weighted by Crippen LogP contribution is -2.16. The van der Waals surface area contributed by atoms with Crippen molar-refractivity contribution < 1.29 is 13.2 Å². The second-order valence-corrected chi connectivity index (χ2v) is 9.19. The van der Waals surface area contributed by atoms with Crippen LogP contribution in [-0.4, -0.2) is 29.1 Å². The van der Waals surface area contributed by atoms with Crippen molar-refractivity contribution in [2.75, 3.05) is 5.32 Å². The molecule has 154 valence electrons. The minimum Gasteiger partial charge on any atom is -0.322 e. The number of carbonyl (C=O) groups excluding carboxylic acids is 1. The predicted octanol–water partition coefficient (Wildman–Crippen LogP) is 3.39. The first-order valence-corrected chi connectivity index (χ1v) is 11.6. The summed E-state index contributed by atoms with van der Waals surface area (Å²) in [6.45, 7) is 4.21. The molecule has 3 aromatic heterocycles. The van der Waals surface area contributed by atoms with Crippen molar-refractivity contribution in [3.63, 3.8) is 0 Å². The first kappa shape index (κ1) is 20.2. The number of rotatable bonds is 5. The Hall–Kier alpha value is -3.08. The highest BCUT2D eigenvalue weighted by Crippen LogP contribution is 2.29. The number of benzene rings is 1. The number of nitrogens with one attached hydrogen (secondary N) is 1. The van der Waals surface area contributed by atoms with Crippen LogP contribution < -0.4 is 10.5 Å². The van der Waals surface area contributed by atoms with Crippen LogP contribution in [0.5, 0.6) is 0 Å². The Morgan fingerprint density at radius 1 is 1.27 bits per heavy atom. The molecule has 1 aromatic carbocycles. The number of thiophene rings is 1. The first-order valence-electron chi connectivity index (χ1n) is 9.13. The molecule has 0 saturated carbocycles. The second kappa shape index (κ2) is 7.63. The van der Waals surface area contributed by atoms with Crippen LogP contribution in [0.1, 0.15) is 22.8 Å². The molecule has 4 rings (SSSR count). The molecule has 0 atom stereocenters. The molecule has 3 N–H and O–H groups in total. The lowest BCUT2D eigenvalue weighted by molar-refractivity contribution is 0.102. The number of hydrogen-bond acceptors (Lipinski definition) is 6. The van der Waals surface area contributed by atoms with E-state index in [0.29, 0.717) is 40.1 Å². The Morgan fingerprint density at radius 3 is 2.73 bits per heavy atom. The van der Waals surface area contributed by atoms with Crippen molar-refractivity contribution in [1.29, 1.82) is 0 Å². The van der Waals surface area contributed by atoms with Gasteiger partial charge in [-0.1, -0.05) is 12.1 Å². The van der Waals surface area contributed by atoms with E-state index in [2.05, 4.69) is 10.4 Å². The zero-order valence-electron chi connectivity index (χ0n) is 16.3. The summed E-state index contributed by atoms with van der Waals surface area (Å²) in [5.41, 5.74) is 2.53. The summed E-state index contributed by atoms with van der Waals surface area (Å²) in [7, 11) is -3.90. The molecule has 0 radical (unpaired) electrons. The number of pyridine rings is 1. The Balaban J connectivity index is 1.79. The van der Waals surface area contributed by atoms with Gasteiger partial charge in [-0.15, -0.1) is 11.3 Å². The zero-order chi connectivity index (χ0) is 21.5. The Morgan fingerprint density at radius 2 is 2.07 bits per heavy atom. The zero-order valence-corrected chi connectivity index (χ0v) is 17.9. The largest absolute Gasteiger partial charge is 0.322 e. The minimum absolute atomic E-state index is 0.0294. The van der Waals surface area contributed by atoms with E-state index >= 15 is 0 Å². The van der Waals surface area contributed by atoms with Crippen molar-refractivity contribution in [3.8, 4) is 10.6 Å². The molecule has 0 aliphatic carbocycles. The molecule has 0 aliphatic rings. The van der Waals surface area contributed by atoms with Gasteiger partial charge in [-0.25, -0.2) is 23.2 Å². The van der Waals surface area contributed by atoms with E-state index in [1.807, 2.05) is 24.4 Å². The van der Waals surface area contributed by atoms with Crippen LogP contribution >= 0.6 is 11.3 Å². The normalized spacial score (nSPS) is 11.7. The number of sulfonamides is 1. The highest BCUT2D eigenvalue weighted by molar-refractivity contribution is 7.89. The molecule has 0 fully saturated rings. The van der Waals surface area contributed by atoms with Crippen LogP contribution in [0.4, 0.5) is 5.69 Å². The third-order valence-electron chi connectivity index (χ3n) is 4.68. The molecule has 3 heterocycles. The van der Waals surface area contributed by atoms with Crippen LogP contribution in [0.3, 0.4) is 0 Å². The average molecular weight is 442 g/mol. The number of primary sulfonamides is 1. The van der Waals surface area contributed by atoms with Crippen molar-refractivity contribution >= 4 is 44.0 Å². The van der Waals surface area contributed by atoms with E-state index in [1.54, 1.807) is 36.0 Å². The van der Waals surface area contributed by atoms with Gasteiger partial charge in [0, 0.05) is 12.2 Å². The van der Waals surface area contributed by atoms with Crippen LogP contribution in [0.15, 0.2) is 52.9 Å². The van der Waals surface area contributed by atoms with Gasteiger partial charge >= 0.3 is 0 Å². The summed E-state index contributed by atoms with van der Waals surface area (Å²) in [5.74, 6) is -0.389. The van der Waals surface area contributed by atoms with Gasteiger partial charge in [-0.3, -0.25) is 4.79 Å². The smallest absolute Gasteiger partial charge is 0.256 e. The van der Waals surface area contributed by atoms with E-state index in [1.165, 1.54) is 17.4 Å². The van der Waals surface area contributed by atoms with E-state index in [9.17, 15) is 13.2 Å². The fraction of sp³-hybridized carbons (Fsp3) is 0.150. The number of carbonyl (C=O) groups is 1. The molecular weight excluding hydrogens is 422 g/mol. The van der Waals surface area contributed by atoms with Gasteiger partial charge in [0.15, 0.2) is 5.65 Å². The summed E-state index contributed by atoms with van der Waals surface area (Å²) in [6.07, 6.45) is 1.61. The maximum absolute atomic E-state index is 13.1. The van der Waals surface area contributed by atoms with E-state index in [0.717, 1.165) is 4.88 Å². The monoisotopic (exact) mass is 441 g/mol. The summed E-state index contributed by atoms with van der Waals surface area (Å²) in [5, 5.41) is 14.9. The third-order valence-corrected chi connectivity index (χ3v) is 6.62. The second-order valence-electron chi connectivity index (χ2n) is 6.71. The molecule has 0 saturated heterocycles. The molecular formula is C20H19N5O3S2. The number of fused-ring (bicyclic) bond motifs is 1. The van der Waals surface area contributed by atoms with Crippen LogP contribution in [0, 0.1) is 6.92 Å². The fourth-order valence-electron chi connectivity index (χ4n) is 3.20. The molecule has 0 spiro atoms. The lowest BCUT2D eigenvalue weighted by atomic mass is 10.1. The molecule has 0 unspecified atom stereocenters. The van der Waals surface area contributed by atoms with Gasteiger partial charge < -0.3 is 5.32 Å². The third kappa shape index (κ3) is 3.72. The van der Waals surface area contributed by atoms with Gasteiger partial charge in [0.05, 0.1) is 32.6 Å². The highest BCUT2D eigenvalue weighted by Gasteiger charge is 2.19. The Bertz CT molecular complexity index is 1360. The maximum atomic E-state index is 13.1. The fourth-order valence-corrected chi connectivity index (χ4v) is 4.69. The number of anilines is 1. The summed E-state index contributed by atoms with van der Waals surface area (Å²) in [6, 6.07) is 10.2. The molecule has 30 heavy (non-hydrogen) atoms. The molecule has 0 bridgehead atoms. The molecule has 8 nitrogen and oxygen atoms in total.